The van der Waals surface area contributed by atoms with E-state index in [9.17, 15) is 18.0 Å². The first-order valence-corrected chi connectivity index (χ1v) is 12.6. The first-order valence-electron chi connectivity index (χ1n) is 12.2. The number of carbonyl (C=O) groups is 1. The van der Waals surface area contributed by atoms with Crippen molar-refractivity contribution in [2.75, 3.05) is 18.4 Å². The highest BCUT2D eigenvalue weighted by Gasteiger charge is 2.38. The third kappa shape index (κ3) is 5.29. The van der Waals surface area contributed by atoms with E-state index in [0.717, 1.165) is 17.0 Å². The second-order valence-electron chi connectivity index (χ2n) is 9.17. The Morgan fingerprint density at radius 3 is 2.70 bits per heavy atom. The molecule has 16 heteroatoms. The molecule has 3 aromatic heterocycles. The number of ether oxygens (including phenoxy) is 1. The number of likely N-dealkylation sites (tertiary alicyclic amines) is 1. The van der Waals surface area contributed by atoms with Gasteiger partial charge in [0, 0.05) is 33.1 Å². The number of pyridine rings is 1. The van der Waals surface area contributed by atoms with Crippen molar-refractivity contribution in [2.24, 2.45) is 12.0 Å². The normalized spacial score (nSPS) is 17.4. The van der Waals surface area contributed by atoms with Crippen molar-refractivity contribution in [1.29, 1.82) is 5.41 Å². The number of anilines is 2. The molecule has 3 aromatic rings. The molecular weight excluding hydrogens is 553 g/mol. The number of halogens is 4. The number of nitrogens with one attached hydrogen (secondary N) is 2. The molecule has 0 spiro atoms. The zero-order valence-electron chi connectivity index (χ0n) is 21.4. The van der Waals surface area contributed by atoms with Gasteiger partial charge in [-0.1, -0.05) is 11.6 Å². The van der Waals surface area contributed by atoms with Gasteiger partial charge < -0.3 is 24.9 Å². The topological polar surface area (TPSA) is 143 Å². The Balaban J connectivity index is 1.43. The number of allylic oxidation sites excluding steroid dienone is 2. The number of aromatic nitrogens is 5. The standard InChI is InChI=1S/C24H24ClF3N10O2/c1-13(39)37-7-3-14(4-8-37)38-18(24(26,27)28)9-19(35-38)33-23-34-22-21(36(23)2)20(25)17(12-32-22)40-16(10-29)15-11-30-5-6-31-15/h5-6,9-12,14,29,31H,3-4,7-8H2,1-2H3,(H,32,33,34,35)/p+1/b16-15+,29-10?. The summed E-state index contributed by atoms with van der Waals surface area (Å²) in [5, 5.41) is 16.6. The van der Waals surface area contributed by atoms with Gasteiger partial charge >= 0.3 is 6.18 Å². The monoisotopic (exact) mass is 577 g/mol. The van der Waals surface area contributed by atoms with Crippen molar-refractivity contribution >= 4 is 52.9 Å². The Morgan fingerprint density at radius 1 is 1.32 bits per heavy atom. The number of carbonyl (C=O) groups excluding carboxylic acids is 1. The number of aryl methyl sites for hydroxylation is 1. The maximum absolute atomic E-state index is 13.9. The molecule has 2 aliphatic heterocycles. The molecular formula is C24H25ClF3N10O2+. The second kappa shape index (κ2) is 10.7. The number of hydrogen-bond acceptors (Lipinski definition) is 8. The molecule has 5 heterocycles. The molecule has 12 nitrogen and oxygen atoms in total. The number of quaternary nitrogens is 1. The predicted octanol–water partition coefficient (Wildman–Crippen LogP) is 3.12. The lowest BCUT2D eigenvalue weighted by Crippen LogP contribution is -2.77. The predicted molar refractivity (Wildman–Crippen MR) is 141 cm³/mol. The Labute approximate surface area is 230 Å². The molecule has 0 radical (unpaired) electrons. The SMILES string of the molecule is CC(=O)N1CCC(n2nc(Nc3nc4ncc(O/C(C=N)=C5\C=NC=C[NH2+]5)c(Cl)c4n3C)cc2C(F)(F)F)CC1. The van der Waals surface area contributed by atoms with E-state index in [1.165, 1.54) is 23.9 Å². The van der Waals surface area contributed by atoms with Crippen molar-refractivity contribution in [3.05, 3.63) is 46.8 Å². The van der Waals surface area contributed by atoms with E-state index in [-0.39, 0.29) is 39.9 Å². The summed E-state index contributed by atoms with van der Waals surface area (Å²) >= 11 is 6.62. The quantitative estimate of drug-likeness (QED) is 0.303. The van der Waals surface area contributed by atoms with Crippen LogP contribution < -0.4 is 15.4 Å². The number of rotatable bonds is 6. The van der Waals surface area contributed by atoms with Crippen molar-refractivity contribution in [1.82, 2.24) is 29.2 Å². The van der Waals surface area contributed by atoms with Crippen LogP contribution in [0, 0.1) is 5.41 Å². The van der Waals surface area contributed by atoms with E-state index in [1.807, 2.05) is 0 Å². The Hall–Kier alpha value is -4.24. The Kier molecular flexibility index (Phi) is 7.33. The molecule has 1 amide bonds. The van der Waals surface area contributed by atoms with Crippen molar-refractivity contribution in [3.63, 3.8) is 0 Å². The van der Waals surface area contributed by atoms with Crippen LogP contribution in [0.15, 0.2) is 41.1 Å². The molecule has 0 saturated carbocycles. The molecule has 1 saturated heterocycles. The van der Waals surface area contributed by atoms with Crippen molar-refractivity contribution in [2.45, 2.75) is 32.0 Å². The molecule has 0 atom stereocenters. The zero-order valence-corrected chi connectivity index (χ0v) is 22.2. The van der Waals surface area contributed by atoms with E-state index in [2.05, 4.69) is 25.4 Å². The highest BCUT2D eigenvalue weighted by molar-refractivity contribution is 6.36. The number of imidazole rings is 1. The average molecular weight is 578 g/mol. The fourth-order valence-corrected chi connectivity index (χ4v) is 4.88. The number of nitrogens with two attached hydrogens (primary N) is 1. The van der Waals surface area contributed by atoms with Crippen molar-refractivity contribution in [3.8, 4) is 5.75 Å². The summed E-state index contributed by atoms with van der Waals surface area (Å²) in [7, 11) is 1.62. The van der Waals surface area contributed by atoms with Gasteiger partial charge in [-0.3, -0.25) is 19.8 Å². The lowest BCUT2D eigenvalue weighted by molar-refractivity contribution is -0.528. The summed E-state index contributed by atoms with van der Waals surface area (Å²) in [6.07, 6.45) is 3.27. The third-order valence-corrected chi connectivity index (χ3v) is 6.99. The Morgan fingerprint density at radius 2 is 2.08 bits per heavy atom. The van der Waals surface area contributed by atoms with Gasteiger partial charge in [0.05, 0.1) is 30.9 Å². The maximum Gasteiger partial charge on any atom is 0.433 e. The lowest BCUT2D eigenvalue weighted by atomic mass is 10.0. The van der Waals surface area contributed by atoms with Crippen LogP contribution in [0.3, 0.4) is 0 Å². The minimum atomic E-state index is -4.63. The van der Waals surface area contributed by atoms with Gasteiger partial charge in [0.15, 0.2) is 22.9 Å². The fourth-order valence-electron chi connectivity index (χ4n) is 4.58. The number of alkyl halides is 3. The molecule has 1 fully saturated rings. The third-order valence-electron chi connectivity index (χ3n) is 6.62. The average Bonchev–Trinajstić information content (AvgIpc) is 3.50. The van der Waals surface area contributed by atoms with Gasteiger partial charge in [-0.25, -0.2) is 4.98 Å². The number of hydrogen-bond donors (Lipinski definition) is 3. The van der Waals surface area contributed by atoms with Gasteiger partial charge in [-0.15, -0.1) is 0 Å². The molecule has 0 unspecified atom stereocenters. The number of nitrogens with zero attached hydrogens (tertiary/aromatic N) is 7. The second-order valence-corrected chi connectivity index (χ2v) is 9.55. The molecule has 0 bridgehead atoms. The molecule has 40 heavy (non-hydrogen) atoms. The van der Waals surface area contributed by atoms with Crippen LogP contribution in [-0.4, -0.2) is 60.6 Å². The number of amides is 1. The van der Waals surface area contributed by atoms with Crippen molar-refractivity contribution < 1.29 is 28.0 Å². The van der Waals surface area contributed by atoms with Gasteiger partial charge in [0.1, 0.15) is 22.4 Å². The molecule has 2 aliphatic rings. The molecule has 0 aromatic carbocycles. The van der Waals surface area contributed by atoms with E-state index >= 15 is 0 Å². The Bertz CT molecular complexity index is 1560. The highest BCUT2D eigenvalue weighted by Crippen LogP contribution is 2.37. The summed E-state index contributed by atoms with van der Waals surface area (Å²) in [4.78, 5) is 25.9. The van der Waals surface area contributed by atoms with Gasteiger partial charge in [0.2, 0.25) is 17.6 Å². The van der Waals surface area contributed by atoms with E-state index in [4.69, 9.17) is 21.7 Å². The minimum Gasteiger partial charge on any atom is -0.446 e. The summed E-state index contributed by atoms with van der Waals surface area (Å²) < 4.78 is 50.1. The first kappa shape index (κ1) is 27.3. The maximum atomic E-state index is 13.9. The number of aliphatic imine (C=N–C) groups is 1. The van der Waals surface area contributed by atoms with Crippen LogP contribution in [0.2, 0.25) is 5.02 Å². The van der Waals surface area contributed by atoms with Crippen LogP contribution in [0.5, 0.6) is 5.75 Å². The van der Waals surface area contributed by atoms with Crippen LogP contribution in [0.25, 0.3) is 11.2 Å². The largest absolute Gasteiger partial charge is 0.446 e. The minimum absolute atomic E-state index is 0.0525. The smallest absolute Gasteiger partial charge is 0.433 e. The molecule has 5 rings (SSSR count). The van der Waals surface area contributed by atoms with Crippen LogP contribution >= 0.6 is 11.6 Å². The highest BCUT2D eigenvalue weighted by atomic mass is 35.5. The summed E-state index contributed by atoms with van der Waals surface area (Å²) in [5.41, 5.74) is 0.257. The zero-order chi connectivity index (χ0) is 28.6. The summed E-state index contributed by atoms with van der Waals surface area (Å²) in [6.45, 7) is 2.16. The van der Waals surface area contributed by atoms with E-state index < -0.39 is 17.9 Å². The van der Waals surface area contributed by atoms with Gasteiger partial charge in [-0.05, 0) is 12.8 Å². The summed E-state index contributed by atoms with van der Waals surface area (Å²) in [6, 6.07) is 0.414. The number of piperidine rings is 1. The van der Waals surface area contributed by atoms with Gasteiger partial charge in [0.25, 0.3) is 0 Å². The molecule has 4 N–H and O–H groups in total. The molecule has 0 aliphatic carbocycles. The first-order chi connectivity index (χ1) is 19.1. The van der Waals surface area contributed by atoms with Crippen LogP contribution in [0.1, 0.15) is 31.5 Å². The number of fused-ring (bicyclic) bond motifs is 1. The lowest BCUT2D eigenvalue weighted by Gasteiger charge is -2.32. The van der Waals surface area contributed by atoms with Gasteiger partial charge in [-0.2, -0.15) is 23.3 Å². The fraction of sp³-hybridized carbons (Fsp3) is 0.333. The van der Waals surface area contributed by atoms with Crippen LogP contribution in [0.4, 0.5) is 24.9 Å². The van der Waals surface area contributed by atoms with Crippen LogP contribution in [-0.2, 0) is 18.0 Å². The van der Waals surface area contributed by atoms with E-state index in [1.54, 1.807) is 29.7 Å². The van der Waals surface area contributed by atoms with E-state index in [0.29, 0.717) is 37.1 Å². The molecule has 210 valence electrons. The summed E-state index contributed by atoms with van der Waals surface area (Å²) in [5.74, 6) is 0.352.